The summed E-state index contributed by atoms with van der Waals surface area (Å²) in [6.45, 7) is 1.13. The summed E-state index contributed by atoms with van der Waals surface area (Å²) in [5.41, 5.74) is 8.45. The molecule has 0 radical (unpaired) electrons. The molecule has 0 unspecified atom stereocenters. The highest BCUT2D eigenvalue weighted by atomic mass is 16.6. The van der Waals surface area contributed by atoms with Crippen molar-refractivity contribution in [3.8, 4) is 22.9 Å². The fourth-order valence-electron chi connectivity index (χ4n) is 2.30. The van der Waals surface area contributed by atoms with Crippen LogP contribution in [0.3, 0.4) is 0 Å². The molecule has 1 aliphatic heterocycles. The van der Waals surface area contributed by atoms with Gasteiger partial charge in [0.25, 0.3) is 0 Å². The van der Waals surface area contributed by atoms with Gasteiger partial charge in [-0.3, -0.25) is 4.68 Å². The summed E-state index contributed by atoms with van der Waals surface area (Å²) >= 11 is 0. The summed E-state index contributed by atoms with van der Waals surface area (Å²) < 4.78 is 12.7. The average Bonchev–Trinajstić information content (AvgIpc) is 3.00. The molecule has 7 nitrogen and oxygen atoms in total. The Bertz CT molecular complexity index is 762. The Morgan fingerprint density at radius 1 is 1.25 bits per heavy atom. The zero-order chi connectivity index (χ0) is 13.7. The van der Waals surface area contributed by atoms with E-state index < -0.39 is 0 Å². The summed E-state index contributed by atoms with van der Waals surface area (Å²) in [5.74, 6) is 2.72. The second-order valence-corrected chi connectivity index (χ2v) is 4.67. The molecule has 20 heavy (non-hydrogen) atoms. The van der Waals surface area contributed by atoms with Gasteiger partial charge < -0.3 is 20.2 Å². The van der Waals surface area contributed by atoms with E-state index in [9.17, 15) is 0 Å². The van der Waals surface area contributed by atoms with Crippen molar-refractivity contribution in [3.63, 3.8) is 0 Å². The normalized spacial score (nSPS) is 13.8. The van der Waals surface area contributed by atoms with Crippen LogP contribution in [0, 0.1) is 0 Å². The maximum atomic E-state index is 5.97. The molecule has 1 aliphatic rings. The standard InChI is InChI=1S/C13H13N5O2/c1-18-12(14)7(6-15-18)13-16-8-4-10-11(5-9(8)17-13)20-3-2-19-10/h4-6H,2-3,14H2,1H3,(H,16,17). The Morgan fingerprint density at radius 2 is 2.00 bits per heavy atom. The first-order valence-corrected chi connectivity index (χ1v) is 6.29. The van der Waals surface area contributed by atoms with Gasteiger partial charge in [0.15, 0.2) is 11.5 Å². The largest absolute Gasteiger partial charge is 0.486 e. The predicted octanol–water partition coefficient (Wildman–Crippen LogP) is 1.32. The lowest BCUT2D eigenvalue weighted by Gasteiger charge is -2.17. The molecule has 4 rings (SSSR count). The fourth-order valence-corrected chi connectivity index (χ4v) is 2.30. The van der Waals surface area contributed by atoms with Gasteiger partial charge in [0.05, 0.1) is 22.8 Å². The Kier molecular flexibility index (Phi) is 2.17. The molecule has 0 fully saturated rings. The van der Waals surface area contributed by atoms with Gasteiger partial charge in [-0.1, -0.05) is 0 Å². The van der Waals surface area contributed by atoms with E-state index in [1.165, 1.54) is 0 Å². The highest BCUT2D eigenvalue weighted by Gasteiger charge is 2.17. The second-order valence-electron chi connectivity index (χ2n) is 4.67. The van der Waals surface area contributed by atoms with Crippen LogP contribution in [0.25, 0.3) is 22.4 Å². The minimum atomic E-state index is 0.561. The zero-order valence-corrected chi connectivity index (χ0v) is 10.9. The topological polar surface area (TPSA) is 91.0 Å². The maximum absolute atomic E-state index is 5.97. The zero-order valence-electron chi connectivity index (χ0n) is 10.9. The van der Waals surface area contributed by atoms with Crippen molar-refractivity contribution in [3.05, 3.63) is 18.3 Å². The number of hydrogen-bond donors (Lipinski definition) is 2. The number of aromatic nitrogens is 4. The van der Waals surface area contributed by atoms with Crippen LogP contribution in [-0.2, 0) is 7.05 Å². The SMILES string of the molecule is Cn1ncc(-c2nc3cc4c(cc3[nH]2)OCCO4)c1N. The third-order valence-corrected chi connectivity index (χ3v) is 3.39. The number of anilines is 1. The predicted molar refractivity (Wildman–Crippen MR) is 73.7 cm³/mol. The Balaban J connectivity index is 1.88. The van der Waals surface area contributed by atoms with E-state index in [-0.39, 0.29) is 0 Å². The molecule has 3 N–H and O–H groups in total. The molecule has 0 atom stereocenters. The highest BCUT2D eigenvalue weighted by molar-refractivity contribution is 5.84. The summed E-state index contributed by atoms with van der Waals surface area (Å²) in [6.07, 6.45) is 1.69. The van der Waals surface area contributed by atoms with Gasteiger partial charge >= 0.3 is 0 Å². The van der Waals surface area contributed by atoms with Crippen LogP contribution >= 0.6 is 0 Å². The lowest BCUT2D eigenvalue weighted by atomic mass is 10.2. The first-order chi connectivity index (χ1) is 9.72. The van der Waals surface area contributed by atoms with Crippen molar-refractivity contribution < 1.29 is 9.47 Å². The van der Waals surface area contributed by atoms with Crippen LogP contribution in [0.4, 0.5) is 5.82 Å². The van der Waals surface area contributed by atoms with Gasteiger partial charge in [0.1, 0.15) is 24.9 Å². The van der Waals surface area contributed by atoms with E-state index in [1.807, 2.05) is 12.1 Å². The molecular formula is C13H13N5O2. The first kappa shape index (κ1) is 11.2. The van der Waals surface area contributed by atoms with Crippen molar-refractivity contribution in [2.24, 2.45) is 7.05 Å². The van der Waals surface area contributed by atoms with Gasteiger partial charge in [-0.2, -0.15) is 5.10 Å². The number of ether oxygens (including phenoxy) is 2. The van der Waals surface area contributed by atoms with Gasteiger partial charge in [-0.05, 0) is 0 Å². The van der Waals surface area contributed by atoms with E-state index in [0.29, 0.717) is 24.9 Å². The summed E-state index contributed by atoms with van der Waals surface area (Å²) in [5, 5.41) is 4.12. The van der Waals surface area contributed by atoms with Crippen LogP contribution < -0.4 is 15.2 Å². The number of fused-ring (bicyclic) bond motifs is 2. The Morgan fingerprint density at radius 3 is 2.70 bits per heavy atom. The molecule has 3 heterocycles. The monoisotopic (exact) mass is 271 g/mol. The van der Waals surface area contributed by atoms with Crippen molar-refractivity contribution in [1.82, 2.24) is 19.7 Å². The molecule has 0 bridgehead atoms. The third kappa shape index (κ3) is 1.52. The third-order valence-electron chi connectivity index (χ3n) is 3.39. The van der Waals surface area contributed by atoms with Gasteiger partial charge in [-0.25, -0.2) is 4.98 Å². The molecule has 2 aromatic heterocycles. The van der Waals surface area contributed by atoms with Crippen LogP contribution in [0.15, 0.2) is 18.3 Å². The second kappa shape index (κ2) is 3.89. The number of nitrogens with one attached hydrogen (secondary N) is 1. The molecule has 3 aromatic rings. The quantitative estimate of drug-likeness (QED) is 0.696. The highest BCUT2D eigenvalue weighted by Crippen LogP contribution is 2.35. The average molecular weight is 271 g/mol. The summed E-state index contributed by atoms with van der Waals surface area (Å²) in [7, 11) is 1.79. The smallest absolute Gasteiger partial charge is 0.163 e. The number of nitrogens with zero attached hydrogens (tertiary/aromatic N) is 3. The van der Waals surface area contributed by atoms with Crippen LogP contribution in [0.5, 0.6) is 11.5 Å². The summed E-state index contributed by atoms with van der Waals surface area (Å²) in [4.78, 5) is 7.78. The number of hydrogen-bond acceptors (Lipinski definition) is 5. The fraction of sp³-hybridized carbons (Fsp3) is 0.231. The van der Waals surface area contributed by atoms with E-state index >= 15 is 0 Å². The molecule has 0 amide bonds. The Labute approximate surface area is 114 Å². The van der Waals surface area contributed by atoms with Crippen molar-refractivity contribution in [1.29, 1.82) is 0 Å². The maximum Gasteiger partial charge on any atom is 0.163 e. The van der Waals surface area contributed by atoms with Gasteiger partial charge in [0, 0.05) is 19.2 Å². The number of imidazole rings is 1. The van der Waals surface area contributed by atoms with E-state index in [0.717, 1.165) is 28.1 Å². The number of H-pyrrole nitrogens is 1. The van der Waals surface area contributed by atoms with Crippen LogP contribution in [0.2, 0.25) is 0 Å². The van der Waals surface area contributed by atoms with Crippen molar-refractivity contribution >= 4 is 16.9 Å². The van der Waals surface area contributed by atoms with Crippen molar-refractivity contribution in [2.45, 2.75) is 0 Å². The van der Waals surface area contributed by atoms with E-state index in [2.05, 4.69) is 15.1 Å². The number of benzene rings is 1. The molecule has 0 saturated carbocycles. The molecule has 102 valence electrons. The minimum Gasteiger partial charge on any atom is -0.486 e. The van der Waals surface area contributed by atoms with Crippen LogP contribution in [-0.4, -0.2) is 33.0 Å². The van der Waals surface area contributed by atoms with Gasteiger partial charge in [0.2, 0.25) is 0 Å². The number of nitrogens with two attached hydrogens (primary N) is 1. The van der Waals surface area contributed by atoms with E-state index in [1.54, 1.807) is 17.9 Å². The minimum absolute atomic E-state index is 0.561. The number of rotatable bonds is 1. The number of aryl methyl sites for hydroxylation is 1. The first-order valence-electron chi connectivity index (χ1n) is 6.29. The lowest BCUT2D eigenvalue weighted by molar-refractivity contribution is 0.172. The lowest BCUT2D eigenvalue weighted by Crippen LogP contribution is -2.15. The Hall–Kier alpha value is -2.70. The van der Waals surface area contributed by atoms with E-state index in [4.69, 9.17) is 15.2 Å². The van der Waals surface area contributed by atoms with Crippen molar-refractivity contribution in [2.75, 3.05) is 18.9 Å². The molecule has 1 aromatic carbocycles. The summed E-state index contributed by atoms with van der Waals surface area (Å²) in [6, 6.07) is 3.77. The number of nitrogen functional groups attached to an aromatic ring is 1. The number of aromatic amines is 1. The molecular weight excluding hydrogens is 258 g/mol. The molecule has 0 aliphatic carbocycles. The molecule has 0 spiro atoms. The van der Waals surface area contributed by atoms with Crippen LogP contribution in [0.1, 0.15) is 0 Å². The van der Waals surface area contributed by atoms with Gasteiger partial charge in [-0.15, -0.1) is 0 Å². The molecule has 0 saturated heterocycles. The molecule has 7 heteroatoms.